The molecule has 2 rings (SSSR count). The summed E-state index contributed by atoms with van der Waals surface area (Å²) in [5.41, 5.74) is 0.323. The zero-order chi connectivity index (χ0) is 28.6. The van der Waals surface area contributed by atoms with E-state index in [1.165, 1.54) is 6.92 Å². The molecule has 38 heavy (non-hydrogen) atoms. The maximum absolute atomic E-state index is 13.8. The van der Waals surface area contributed by atoms with Crippen LogP contribution < -0.4 is 15.5 Å². The van der Waals surface area contributed by atoms with Crippen molar-refractivity contribution in [1.29, 1.82) is 0 Å². The van der Waals surface area contributed by atoms with Crippen molar-refractivity contribution >= 4 is 24.2 Å². The van der Waals surface area contributed by atoms with E-state index in [0.29, 0.717) is 12.1 Å². The molecule has 0 aliphatic rings. The van der Waals surface area contributed by atoms with Gasteiger partial charge in [-0.05, 0) is 24.6 Å². The highest BCUT2D eigenvalue weighted by molar-refractivity contribution is 5.89. The number of alkyl halides is 3. The van der Waals surface area contributed by atoms with E-state index in [2.05, 4.69) is 9.47 Å². The van der Waals surface area contributed by atoms with Gasteiger partial charge in [0.05, 0.1) is 12.2 Å². The van der Waals surface area contributed by atoms with Crippen LogP contribution in [0.4, 0.5) is 30.7 Å². The minimum absolute atomic E-state index is 0.0187. The molecule has 2 aromatic rings. The molecule has 0 fully saturated rings. The third kappa shape index (κ3) is 7.57. The molecule has 3 amide bonds. The molecular formula is C22H18F7N3O6. The zero-order valence-corrected chi connectivity index (χ0v) is 19.2. The van der Waals surface area contributed by atoms with Gasteiger partial charge < -0.3 is 14.8 Å². The number of amides is 3. The first-order chi connectivity index (χ1) is 17.8. The lowest BCUT2D eigenvalue weighted by Gasteiger charge is -2.25. The Morgan fingerprint density at radius 3 is 2.24 bits per heavy atom. The third-order valence-electron chi connectivity index (χ3n) is 4.59. The van der Waals surface area contributed by atoms with Crippen LogP contribution in [0.2, 0.25) is 0 Å². The largest absolute Gasteiger partial charge is 0.477 e. The van der Waals surface area contributed by atoms with E-state index in [9.17, 15) is 49.9 Å². The number of rotatable bonds is 10. The van der Waals surface area contributed by atoms with E-state index in [1.54, 1.807) is 0 Å². The highest BCUT2D eigenvalue weighted by Gasteiger charge is 2.33. The molecule has 9 nitrogen and oxygen atoms in total. The predicted molar refractivity (Wildman–Crippen MR) is 112 cm³/mol. The summed E-state index contributed by atoms with van der Waals surface area (Å²) in [6.45, 7) is -1.20. The molecule has 0 radical (unpaired) electrons. The average Bonchev–Trinajstić information content (AvgIpc) is 2.85. The van der Waals surface area contributed by atoms with Crippen molar-refractivity contribution in [2.45, 2.75) is 19.1 Å². The highest BCUT2D eigenvalue weighted by atomic mass is 19.4. The monoisotopic (exact) mass is 553 g/mol. The number of ether oxygens (including phenoxy) is 2. The van der Waals surface area contributed by atoms with Crippen molar-refractivity contribution in [3.05, 3.63) is 64.7 Å². The number of halogens is 7. The molecule has 16 heteroatoms. The molecule has 0 spiro atoms. The minimum Gasteiger partial charge on any atom is -0.477 e. The lowest BCUT2D eigenvalue weighted by molar-refractivity contribution is -0.154. The second-order valence-electron chi connectivity index (χ2n) is 7.19. The average molecular weight is 553 g/mol. The van der Waals surface area contributed by atoms with Gasteiger partial charge in [0, 0.05) is 6.07 Å². The number of carbonyl (C=O) groups excluding carboxylic acids is 4. The highest BCUT2D eigenvalue weighted by Crippen LogP contribution is 2.31. The Morgan fingerprint density at radius 1 is 1.05 bits per heavy atom. The van der Waals surface area contributed by atoms with E-state index >= 15 is 0 Å². The number of hydrogen-bond donors (Lipinski definition) is 2. The number of nitrogens with zero attached hydrogens (tertiary/aromatic N) is 1. The van der Waals surface area contributed by atoms with Crippen LogP contribution in [-0.2, 0) is 30.1 Å². The number of esters is 1. The molecule has 0 heterocycles. The van der Waals surface area contributed by atoms with Crippen molar-refractivity contribution in [2.24, 2.45) is 0 Å². The number of hydrogen-bond acceptors (Lipinski definition) is 6. The van der Waals surface area contributed by atoms with Gasteiger partial charge in [-0.1, -0.05) is 12.1 Å². The molecule has 2 aromatic carbocycles. The Morgan fingerprint density at radius 2 is 1.68 bits per heavy atom. The van der Waals surface area contributed by atoms with Gasteiger partial charge in [0.1, 0.15) is 12.6 Å². The van der Waals surface area contributed by atoms with Crippen molar-refractivity contribution < 1.29 is 59.4 Å². The van der Waals surface area contributed by atoms with E-state index in [4.69, 9.17) is 0 Å². The first-order valence-corrected chi connectivity index (χ1v) is 10.4. The molecule has 0 bridgehead atoms. The van der Waals surface area contributed by atoms with Crippen LogP contribution in [0.15, 0.2) is 30.3 Å². The zero-order valence-electron chi connectivity index (χ0n) is 19.2. The second-order valence-corrected chi connectivity index (χ2v) is 7.19. The summed E-state index contributed by atoms with van der Waals surface area (Å²) in [5, 5.41) is 2.16. The Hall–Kier alpha value is -4.37. The number of carbonyl (C=O) groups is 4. The van der Waals surface area contributed by atoms with E-state index in [1.807, 2.05) is 10.7 Å². The standard InChI is InChI=1S/C22H18F7N3O6/c1-2-37-16(35)8-32(15(34)9-38-20-17(25)13(23)7-14(24)18(20)26)31-21(36)19(30-10-33)11-4-3-5-12(6-11)22(27,28)29/h3-7,10,19H,2,8-9H2,1H3,(H,30,33)(H,31,36). The van der Waals surface area contributed by atoms with Crippen LogP contribution in [0.3, 0.4) is 0 Å². The SMILES string of the molecule is CCOC(=O)CN(NC(=O)C(NC=O)c1cccc(C(F)(F)F)c1)C(=O)COc1c(F)c(F)cc(F)c1F. The van der Waals surface area contributed by atoms with Gasteiger partial charge in [-0.2, -0.15) is 22.0 Å². The van der Waals surface area contributed by atoms with Crippen LogP contribution >= 0.6 is 0 Å². The fraction of sp³-hybridized carbons (Fsp3) is 0.273. The van der Waals surface area contributed by atoms with Crippen LogP contribution in [0.25, 0.3) is 0 Å². The minimum atomic E-state index is -4.80. The van der Waals surface area contributed by atoms with Crippen molar-refractivity contribution in [1.82, 2.24) is 15.8 Å². The van der Waals surface area contributed by atoms with Crippen molar-refractivity contribution in [3.63, 3.8) is 0 Å². The molecule has 0 aliphatic carbocycles. The lowest BCUT2D eigenvalue weighted by atomic mass is 10.0. The fourth-order valence-electron chi connectivity index (χ4n) is 2.90. The normalized spacial score (nSPS) is 11.8. The Bertz CT molecular complexity index is 1180. The van der Waals surface area contributed by atoms with Crippen LogP contribution in [0.5, 0.6) is 5.75 Å². The van der Waals surface area contributed by atoms with Crippen LogP contribution in [-0.4, -0.2) is 49.0 Å². The first kappa shape index (κ1) is 29.9. The topological polar surface area (TPSA) is 114 Å². The Kier molecular flexibility index (Phi) is 10.0. The number of benzene rings is 2. The Balaban J connectivity index is 2.31. The fourth-order valence-corrected chi connectivity index (χ4v) is 2.90. The van der Waals surface area contributed by atoms with Gasteiger partial charge in [0.25, 0.3) is 11.8 Å². The molecular weight excluding hydrogens is 535 g/mol. The van der Waals surface area contributed by atoms with Gasteiger partial charge in [0.2, 0.25) is 18.0 Å². The summed E-state index contributed by atoms with van der Waals surface area (Å²) < 4.78 is 103. The van der Waals surface area contributed by atoms with Crippen LogP contribution in [0.1, 0.15) is 24.1 Å². The lowest BCUT2D eigenvalue weighted by Crippen LogP contribution is -2.53. The molecule has 1 unspecified atom stereocenters. The third-order valence-corrected chi connectivity index (χ3v) is 4.59. The van der Waals surface area contributed by atoms with Gasteiger partial charge in [-0.25, -0.2) is 13.8 Å². The van der Waals surface area contributed by atoms with Gasteiger partial charge in [0.15, 0.2) is 24.0 Å². The molecule has 0 saturated heterocycles. The molecule has 0 aliphatic heterocycles. The van der Waals surface area contributed by atoms with E-state index in [0.717, 1.165) is 12.1 Å². The quantitative estimate of drug-likeness (QED) is 0.154. The number of hydrazine groups is 1. The van der Waals surface area contributed by atoms with Crippen molar-refractivity contribution in [2.75, 3.05) is 19.8 Å². The maximum Gasteiger partial charge on any atom is 0.416 e. The molecule has 0 saturated carbocycles. The van der Waals surface area contributed by atoms with Crippen molar-refractivity contribution in [3.8, 4) is 5.75 Å². The van der Waals surface area contributed by atoms with Gasteiger partial charge in [-0.15, -0.1) is 0 Å². The first-order valence-electron chi connectivity index (χ1n) is 10.4. The summed E-state index contributed by atoms with van der Waals surface area (Å²) >= 11 is 0. The number of nitrogens with one attached hydrogen (secondary N) is 2. The molecule has 2 N–H and O–H groups in total. The molecule has 0 aromatic heterocycles. The van der Waals surface area contributed by atoms with E-state index in [-0.39, 0.29) is 29.7 Å². The summed E-state index contributed by atoms with van der Waals surface area (Å²) in [5.74, 6) is -13.1. The Labute approximate surface area is 209 Å². The maximum atomic E-state index is 13.8. The second kappa shape index (κ2) is 12.7. The summed E-state index contributed by atoms with van der Waals surface area (Å²) in [6, 6.07) is 1.31. The van der Waals surface area contributed by atoms with E-state index < -0.39 is 77.7 Å². The summed E-state index contributed by atoms with van der Waals surface area (Å²) in [7, 11) is 0. The molecule has 206 valence electrons. The van der Waals surface area contributed by atoms with Gasteiger partial charge >= 0.3 is 12.1 Å². The summed E-state index contributed by atoms with van der Waals surface area (Å²) in [4.78, 5) is 48.3. The molecule has 1 atom stereocenters. The van der Waals surface area contributed by atoms with Gasteiger partial charge in [-0.3, -0.25) is 24.6 Å². The smallest absolute Gasteiger partial charge is 0.416 e. The summed E-state index contributed by atoms with van der Waals surface area (Å²) in [6.07, 6.45) is -4.82. The van der Waals surface area contributed by atoms with Crippen LogP contribution in [0, 0.1) is 23.3 Å². The predicted octanol–water partition coefficient (Wildman–Crippen LogP) is 2.55.